The maximum absolute atomic E-state index is 13.1. The normalized spacial score (nSPS) is 20.7. The molecule has 0 spiro atoms. The van der Waals surface area contributed by atoms with Gasteiger partial charge < -0.3 is 5.11 Å². The Morgan fingerprint density at radius 3 is 2.27 bits per heavy atom. The van der Waals surface area contributed by atoms with E-state index in [2.05, 4.69) is 65.6 Å². The number of hydrogen-bond acceptors (Lipinski definition) is 2. The van der Waals surface area contributed by atoms with Crippen LogP contribution in [0.2, 0.25) is 0 Å². The second-order valence-electron chi connectivity index (χ2n) is 9.40. The Balaban J connectivity index is 1.96. The van der Waals surface area contributed by atoms with E-state index in [-0.39, 0.29) is 24.4 Å². The summed E-state index contributed by atoms with van der Waals surface area (Å²) in [5.74, 6) is -0.285. The van der Waals surface area contributed by atoms with Gasteiger partial charge >= 0.3 is 12.1 Å². The number of halogens is 4. The lowest BCUT2D eigenvalue weighted by Crippen LogP contribution is -2.40. The Kier molecular flexibility index (Phi) is 8.83. The topological polar surface area (TPSA) is 40.5 Å². The molecule has 3 unspecified atom stereocenters. The van der Waals surface area contributed by atoms with Gasteiger partial charge in [0, 0.05) is 22.1 Å². The van der Waals surface area contributed by atoms with Crippen molar-refractivity contribution in [1.29, 1.82) is 0 Å². The molecular formula is C26H31F3INO2. The van der Waals surface area contributed by atoms with Crippen LogP contribution >= 0.6 is 22.6 Å². The number of aliphatic carboxylic acids is 1. The molecule has 0 aromatic heterocycles. The molecule has 0 aliphatic carbocycles. The van der Waals surface area contributed by atoms with Crippen molar-refractivity contribution < 1.29 is 23.1 Å². The minimum absolute atomic E-state index is 0.00788. The second kappa shape index (κ2) is 11.2. The number of nitrogens with zero attached hydrogens (tertiary/aromatic N) is 1. The van der Waals surface area contributed by atoms with Gasteiger partial charge in [0.1, 0.15) is 0 Å². The first kappa shape index (κ1) is 26.0. The Morgan fingerprint density at radius 1 is 1.09 bits per heavy atom. The summed E-state index contributed by atoms with van der Waals surface area (Å²) in [5.41, 5.74) is 1.35. The van der Waals surface area contributed by atoms with Gasteiger partial charge in [0.15, 0.2) is 0 Å². The van der Waals surface area contributed by atoms with E-state index in [1.165, 1.54) is 5.56 Å². The lowest BCUT2D eigenvalue weighted by molar-refractivity contribution is -0.139. The SMILES string of the molecule is CC(C)CCC(c1ccc(I)cc1)N1CCC(CC(=O)O)CC1c1ccc(C(F)(F)F)cc1. The molecule has 3 nitrogen and oxygen atoms in total. The van der Waals surface area contributed by atoms with E-state index < -0.39 is 17.7 Å². The van der Waals surface area contributed by atoms with Crippen molar-refractivity contribution in [2.45, 2.75) is 64.2 Å². The Hall–Kier alpha value is -1.61. The molecule has 1 saturated heterocycles. The maximum Gasteiger partial charge on any atom is 0.416 e. The van der Waals surface area contributed by atoms with E-state index in [1.54, 1.807) is 12.1 Å². The molecule has 3 atom stereocenters. The van der Waals surface area contributed by atoms with Crippen molar-refractivity contribution >= 4 is 28.6 Å². The fourth-order valence-corrected chi connectivity index (χ4v) is 5.14. The summed E-state index contributed by atoms with van der Waals surface area (Å²) >= 11 is 2.28. The summed E-state index contributed by atoms with van der Waals surface area (Å²) in [6, 6.07) is 13.9. The molecule has 1 N–H and O–H groups in total. The molecule has 1 aliphatic heterocycles. The fourth-order valence-electron chi connectivity index (χ4n) is 4.78. The van der Waals surface area contributed by atoms with Crippen LogP contribution in [0.5, 0.6) is 0 Å². The molecule has 1 fully saturated rings. The molecule has 0 saturated carbocycles. The van der Waals surface area contributed by atoms with Gasteiger partial charge in [-0.25, -0.2) is 0 Å². The van der Waals surface area contributed by atoms with Crippen molar-refractivity contribution in [1.82, 2.24) is 4.90 Å². The molecule has 180 valence electrons. The first-order valence-corrected chi connectivity index (χ1v) is 12.5. The maximum atomic E-state index is 13.1. The highest BCUT2D eigenvalue weighted by molar-refractivity contribution is 14.1. The molecule has 2 aromatic carbocycles. The van der Waals surface area contributed by atoms with Crippen LogP contribution in [-0.4, -0.2) is 22.5 Å². The van der Waals surface area contributed by atoms with Gasteiger partial charge in [-0.1, -0.05) is 38.1 Å². The van der Waals surface area contributed by atoms with E-state index in [4.69, 9.17) is 0 Å². The molecule has 2 aromatic rings. The molecule has 0 bridgehead atoms. The van der Waals surface area contributed by atoms with Crippen LogP contribution in [0.15, 0.2) is 48.5 Å². The number of hydrogen-bond donors (Lipinski definition) is 1. The van der Waals surface area contributed by atoms with Gasteiger partial charge in [-0.2, -0.15) is 13.2 Å². The van der Waals surface area contributed by atoms with Gasteiger partial charge in [-0.05, 0) is 102 Å². The van der Waals surface area contributed by atoms with Crippen LogP contribution < -0.4 is 0 Å². The first-order chi connectivity index (χ1) is 15.5. The summed E-state index contributed by atoms with van der Waals surface area (Å²) in [6.07, 6.45) is -0.917. The van der Waals surface area contributed by atoms with Crippen molar-refractivity contribution in [3.05, 3.63) is 68.8 Å². The largest absolute Gasteiger partial charge is 0.481 e. The molecule has 33 heavy (non-hydrogen) atoms. The second-order valence-corrected chi connectivity index (χ2v) is 10.6. The summed E-state index contributed by atoms with van der Waals surface area (Å²) in [5, 5.41) is 9.33. The minimum Gasteiger partial charge on any atom is -0.481 e. The highest BCUT2D eigenvalue weighted by Gasteiger charge is 2.36. The summed E-state index contributed by atoms with van der Waals surface area (Å²) in [7, 11) is 0. The molecule has 1 aliphatic rings. The van der Waals surface area contributed by atoms with Crippen LogP contribution in [0.1, 0.15) is 74.7 Å². The van der Waals surface area contributed by atoms with Crippen molar-refractivity contribution in [3.8, 4) is 0 Å². The summed E-state index contributed by atoms with van der Waals surface area (Å²) in [6.45, 7) is 5.10. The molecular weight excluding hydrogens is 542 g/mol. The third-order valence-electron chi connectivity index (χ3n) is 6.51. The smallest absolute Gasteiger partial charge is 0.416 e. The first-order valence-electron chi connectivity index (χ1n) is 11.4. The van der Waals surface area contributed by atoms with E-state index in [1.807, 2.05) is 0 Å². The monoisotopic (exact) mass is 573 g/mol. The number of alkyl halides is 3. The fraction of sp³-hybridized carbons (Fsp3) is 0.500. The average molecular weight is 573 g/mol. The van der Waals surface area contributed by atoms with Crippen LogP contribution in [0.25, 0.3) is 0 Å². The number of carboxylic acid groups (broad SMARTS) is 1. The lowest BCUT2D eigenvalue weighted by Gasteiger charge is -2.44. The molecule has 1 heterocycles. The molecule has 0 amide bonds. The third-order valence-corrected chi connectivity index (χ3v) is 7.23. The zero-order valence-corrected chi connectivity index (χ0v) is 21.1. The Morgan fingerprint density at radius 2 is 1.73 bits per heavy atom. The van der Waals surface area contributed by atoms with E-state index in [0.717, 1.165) is 47.1 Å². The minimum atomic E-state index is -4.38. The number of likely N-dealkylation sites (tertiary alicyclic amines) is 1. The van der Waals surface area contributed by atoms with E-state index in [9.17, 15) is 23.1 Å². The molecule has 3 rings (SSSR count). The van der Waals surface area contributed by atoms with Crippen molar-refractivity contribution in [2.75, 3.05) is 6.54 Å². The summed E-state index contributed by atoms with van der Waals surface area (Å²) < 4.78 is 40.5. The van der Waals surface area contributed by atoms with Gasteiger partial charge in [0.2, 0.25) is 0 Å². The van der Waals surface area contributed by atoms with Crippen LogP contribution in [0, 0.1) is 15.4 Å². The van der Waals surface area contributed by atoms with Crippen molar-refractivity contribution in [2.24, 2.45) is 11.8 Å². The third kappa shape index (κ3) is 7.18. The van der Waals surface area contributed by atoms with Gasteiger partial charge in [0.05, 0.1) is 5.56 Å². The highest BCUT2D eigenvalue weighted by Crippen LogP contribution is 2.43. The van der Waals surface area contributed by atoms with Gasteiger partial charge in [-0.3, -0.25) is 9.69 Å². The zero-order chi connectivity index (χ0) is 24.2. The number of piperidine rings is 1. The predicted molar refractivity (Wildman–Crippen MR) is 132 cm³/mol. The van der Waals surface area contributed by atoms with Crippen LogP contribution in [0.3, 0.4) is 0 Å². The van der Waals surface area contributed by atoms with Gasteiger partial charge in [0.25, 0.3) is 0 Å². The van der Waals surface area contributed by atoms with E-state index in [0.29, 0.717) is 12.3 Å². The predicted octanol–water partition coefficient (Wildman–Crippen LogP) is 7.72. The van der Waals surface area contributed by atoms with Crippen LogP contribution in [0.4, 0.5) is 13.2 Å². The quantitative estimate of drug-likeness (QED) is 0.329. The zero-order valence-electron chi connectivity index (χ0n) is 19.0. The van der Waals surface area contributed by atoms with Crippen molar-refractivity contribution in [3.63, 3.8) is 0 Å². The molecule has 0 radical (unpaired) electrons. The Bertz CT molecular complexity index is 913. The van der Waals surface area contributed by atoms with E-state index >= 15 is 0 Å². The van der Waals surface area contributed by atoms with Gasteiger partial charge in [-0.15, -0.1) is 0 Å². The van der Waals surface area contributed by atoms with Crippen LogP contribution in [-0.2, 0) is 11.0 Å². The number of rotatable bonds is 8. The number of carboxylic acids is 1. The highest BCUT2D eigenvalue weighted by atomic mass is 127. The standard InChI is InChI=1S/C26H31F3INO2/c1-17(2)3-12-23(19-6-10-22(30)11-7-19)31-14-13-18(16-25(32)33)15-24(31)20-4-8-21(9-5-20)26(27,28)29/h4-11,17-18,23-24H,3,12-16H2,1-2H3,(H,32,33). The Labute approximate surface area is 207 Å². The number of carbonyl (C=O) groups is 1. The summed E-state index contributed by atoms with van der Waals surface area (Å²) in [4.78, 5) is 13.8. The average Bonchev–Trinajstić information content (AvgIpc) is 2.74. The molecule has 7 heteroatoms. The number of benzene rings is 2. The lowest BCUT2D eigenvalue weighted by atomic mass is 9.82.